The summed E-state index contributed by atoms with van der Waals surface area (Å²) in [5.74, 6) is 0.276. The van der Waals surface area contributed by atoms with Crippen molar-refractivity contribution in [3.8, 4) is 0 Å². The summed E-state index contributed by atoms with van der Waals surface area (Å²) >= 11 is 0. The summed E-state index contributed by atoms with van der Waals surface area (Å²) in [4.78, 5) is 17.1. The van der Waals surface area contributed by atoms with Gasteiger partial charge in [-0.25, -0.2) is 4.79 Å². The number of nitrogens with zero attached hydrogens (tertiary/aromatic N) is 1. The molecule has 0 aliphatic heterocycles. The Balaban J connectivity index is 2.52. The second-order valence-electron chi connectivity index (χ2n) is 6.01. The third-order valence-corrected chi connectivity index (χ3v) is 3.91. The quantitative estimate of drug-likeness (QED) is 0.787. The molecule has 110 valence electrons. The van der Waals surface area contributed by atoms with Gasteiger partial charge in [-0.05, 0) is 63.0 Å². The van der Waals surface area contributed by atoms with Crippen LogP contribution in [0.1, 0.15) is 66.5 Å². The summed E-state index contributed by atoms with van der Waals surface area (Å²) in [6.45, 7) is 8.64. The number of fused-ring (bicyclic) bond motifs is 1. The Morgan fingerprint density at radius 3 is 2.65 bits per heavy atom. The number of aromatic nitrogens is 1. The van der Waals surface area contributed by atoms with E-state index in [4.69, 9.17) is 9.72 Å². The van der Waals surface area contributed by atoms with Crippen molar-refractivity contribution in [1.82, 2.24) is 4.98 Å². The minimum absolute atomic E-state index is 0.207. The summed E-state index contributed by atoms with van der Waals surface area (Å²) in [5.41, 5.74) is 5.24. The van der Waals surface area contributed by atoms with E-state index in [-0.39, 0.29) is 5.97 Å². The topological polar surface area (TPSA) is 39.2 Å². The molecule has 1 heterocycles. The highest BCUT2D eigenvalue weighted by atomic mass is 16.5. The first-order valence-electron chi connectivity index (χ1n) is 7.72. The molecule has 1 aliphatic rings. The van der Waals surface area contributed by atoms with Gasteiger partial charge in [0.05, 0.1) is 17.9 Å². The minimum Gasteiger partial charge on any atom is -0.462 e. The first-order valence-corrected chi connectivity index (χ1v) is 7.72. The number of aryl methyl sites for hydroxylation is 1. The fourth-order valence-electron chi connectivity index (χ4n) is 3.01. The maximum atomic E-state index is 12.3. The molecule has 0 atom stereocenters. The van der Waals surface area contributed by atoms with Gasteiger partial charge in [0.25, 0.3) is 0 Å². The molecule has 2 rings (SSSR count). The van der Waals surface area contributed by atoms with Gasteiger partial charge in [-0.15, -0.1) is 0 Å². The van der Waals surface area contributed by atoms with Crippen LogP contribution in [0.2, 0.25) is 0 Å². The Hall–Kier alpha value is -1.38. The lowest BCUT2D eigenvalue weighted by Gasteiger charge is -2.22. The molecule has 0 fully saturated rings. The molecular weight excluding hydrogens is 250 g/mol. The van der Waals surface area contributed by atoms with Crippen LogP contribution in [0.4, 0.5) is 0 Å². The number of carbonyl (C=O) groups is 1. The molecule has 0 amide bonds. The first-order chi connectivity index (χ1) is 9.54. The monoisotopic (exact) mass is 275 g/mol. The van der Waals surface area contributed by atoms with Crippen molar-refractivity contribution < 1.29 is 9.53 Å². The van der Waals surface area contributed by atoms with Gasteiger partial charge in [-0.2, -0.15) is 0 Å². The minimum atomic E-state index is -0.207. The Morgan fingerprint density at radius 2 is 2.00 bits per heavy atom. The molecule has 1 aromatic rings. The van der Waals surface area contributed by atoms with Crippen LogP contribution in [0.15, 0.2) is 0 Å². The van der Waals surface area contributed by atoms with E-state index in [9.17, 15) is 4.79 Å². The summed E-state index contributed by atoms with van der Waals surface area (Å²) in [6.07, 6.45) is 5.33. The molecule has 0 saturated carbocycles. The van der Waals surface area contributed by atoms with Gasteiger partial charge in [0.2, 0.25) is 0 Å². The average molecular weight is 275 g/mol. The largest absolute Gasteiger partial charge is 0.462 e. The Labute approximate surface area is 121 Å². The molecule has 0 bridgehead atoms. The zero-order valence-electron chi connectivity index (χ0n) is 13.1. The highest BCUT2D eigenvalue weighted by molar-refractivity contribution is 5.92. The van der Waals surface area contributed by atoms with Gasteiger partial charge in [-0.3, -0.25) is 4.98 Å². The Kier molecular flexibility index (Phi) is 4.79. The number of esters is 1. The molecular formula is C17H25NO2. The fourth-order valence-corrected chi connectivity index (χ4v) is 3.01. The van der Waals surface area contributed by atoms with Crippen LogP contribution in [-0.2, 0) is 24.0 Å². The third kappa shape index (κ3) is 3.02. The zero-order valence-corrected chi connectivity index (χ0v) is 13.1. The molecule has 0 spiro atoms. The highest BCUT2D eigenvalue weighted by Crippen LogP contribution is 2.28. The molecule has 0 unspecified atom stereocenters. The van der Waals surface area contributed by atoms with Crippen LogP contribution in [-0.4, -0.2) is 17.6 Å². The van der Waals surface area contributed by atoms with Crippen LogP contribution in [0.5, 0.6) is 0 Å². The fraction of sp³-hybridized carbons (Fsp3) is 0.647. The first kappa shape index (κ1) is 15.0. The zero-order chi connectivity index (χ0) is 14.7. The smallest absolute Gasteiger partial charge is 0.340 e. The number of hydrogen-bond acceptors (Lipinski definition) is 3. The number of hydrogen-bond donors (Lipinski definition) is 0. The van der Waals surface area contributed by atoms with Gasteiger partial charge >= 0.3 is 5.97 Å². The maximum absolute atomic E-state index is 12.3. The number of carbonyl (C=O) groups excluding carboxylic acids is 1. The lowest BCUT2D eigenvalue weighted by Crippen LogP contribution is -2.19. The van der Waals surface area contributed by atoms with Crippen LogP contribution in [0.25, 0.3) is 0 Å². The predicted octanol–water partition coefficient (Wildman–Crippen LogP) is 3.64. The van der Waals surface area contributed by atoms with Crippen LogP contribution < -0.4 is 0 Å². The number of pyridine rings is 1. The van der Waals surface area contributed by atoms with Crippen LogP contribution in [0.3, 0.4) is 0 Å². The molecule has 3 nitrogen and oxygen atoms in total. The van der Waals surface area contributed by atoms with Crippen molar-refractivity contribution in [2.45, 2.75) is 59.8 Å². The molecule has 0 radical (unpaired) electrons. The Bertz CT molecular complexity index is 506. The van der Waals surface area contributed by atoms with E-state index in [1.54, 1.807) is 0 Å². The molecule has 3 heteroatoms. The normalized spacial score (nSPS) is 14.2. The molecule has 20 heavy (non-hydrogen) atoms. The Morgan fingerprint density at radius 1 is 1.30 bits per heavy atom. The number of rotatable bonds is 4. The van der Waals surface area contributed by atoms with E-state index in [1.165, 1.54) is 24.1 Å². The van der Waals surface area contributed by atoms with E-state index in [0.717, 1.165) is 36.1 Å². The lowest BCUT2D eigenvalue weighted by molar-refractivity contribution is 0.0523. The molecule has 1 aromatic heterocycles. The second kappa shape index (κ2) is 6.38. The van der Waals surface area contributed by atoms with Crippen molar-refractivity contribution in [3.63, 3.8) is 0 Å². The van der Waals surface area contributed by atoms with Crippen LogP contribution >= 0.6 is 0 Å². The average Bonchev–Trinajstić information content (AvgIpc) is 2.38. The van der Waals surface area contributed by atoms with Crippen molar-refractivity contribution >= 4 is 5.97 Å². The van der Waals surface area contributed by atoms with Crippen molar-refractivity contribution in [2.24, 2.45) is 5.92 Å². The van der Waals surface area contributed by atoms with Gasteiger partial charge < -0.3 is 4.74 Å². The number of ether oxygens (including phenoxy) is 1. The van der Waals surface area contributed by atoms with Gasteiger partial charge in [0.1, 0.15) is 0 Å². The second-order valence-corrected chi connectivity index (χ2v) is 6.01. The van der Waals surface area contributed by atoms with E-state index in [0.29, 0.717) is 12.5 Å². The SMILES string of the molecule is CCOC(=O)c1c(CC(C)C)nc2c(c1C)CCCC2. The van der Waals surface area contributed by atoms with Gasteiger partial charge in [-0.1, -0.05) is 13.8 Å². The molecule has 0 saturated heterocycles. The van der Waals surface area contributed by atoms with Gasteiger partial charge in [0, 0.05) is 5.69 Å². The lowest BCUT2D eigenvalue weighted by atomic mass is 9.88. The standard InChI is InChI=1S/C17H25NO2/c1-5-20-17(19)16-12(4)13-8-6-7-9-14(13)18-15(16)10-11(2)3/h11H,5-10H2,1-4H3. The van der Waals surface area contributed by atoms with E-state index >= 15 is 0 Å². The van der Waals surface area contributed by atoms with Crippen molar-refractivity contribution in [2.75, 3.05) is 6.61 Å². The van der Waals surface area contributed by atoms with Crippen molar-refractivity contribution in [1.29, 1.82) is 0 Å². The highest BCUT2D eigenvalue weighted by Gasteiger charge is 2.24. The van der Waals surface area contributed by atoms with Crippen LogP contribution in [0, 0.1) is 12.8 Å². The van der Waals surface area contributed by atoms with Crippen molar-refractivity contribution in [3.05, 3.63) is 28.1 Å². The van der Waals surface area contributed by atoms with E-state index in [2.05, 4.69) is 20.8 Å². The summed E-state index contributed by atoms with van der Waals surface area (Å²) < 4.78 is 5.24. The molecule has 0 aromatic carbocycles. The summed E-state index contributed by atoms with van der Waals surface area (Å²) in [7, 11) is 0. The molecule has 0 N–H and O–H groups in total. The van der Waals surface area contributed by atoms with Gasteiger partial charge in [0.15, 0.2) is 0 Å². The molecule has 1 aliphatic carbocycles. The summed E-state index contributed by atoms with van der Waals surface area (Å²) in [6, 6.07) is 0. The maximum Gasteiger partial charge on any atom is 0.340 e. The van der Waals surface area contributed by atoms with E-state index < -0.39 is 0 Å². The third-order valence-electron chi connectivity index (χ3n) is 3.91. The predicted molar refractivity (Wildman–Crippen MR) is 80.1 cm³/mol. The summed E-state index contributed by atoms with van der Waals surface area (Å²) in [5, 5.41) is 0. The van der Waals surface area contributed by atoms with E-state index in [1.807, 2.05) is 6.92 Å².